The van der Waals surface area contributed by atoms with Crippen molar-refractivity contribution >= 4 is 29.1 Å². The normalized spacial score (nSPS) is 17.8. The summed E-state index contributed by atoms with van der Waals surface area (Å²) in [4.78, 5) is 29.2. The summed E-state index contributed by atoms with van der Waals surface area (Å²) in [6.07, 6.45) is 0. The lowest BCUT2D eigenvalue weighted by Crippen LogP contribution is -2.58. The zero-order chi connectivity index (χ0) is 18.1. The first-order chi connectivity index (χ1) is 11.9. The molecule has 0 saturated carbocycles. The van der Waals surface area contributed by atoms with Gasteiger partial charge >= 0.3 is 0 Å². The maximum Gasteiger partial charge on any atom is 0.254 e. The molecule has 0 aromatic heterocycles. The number of amides is 2. The summed E-state index contributed by atoms with van der Waals surface area (Å²) >= 11 is 6.01. The first kappa shape index (κ1) is 17.5. The first-order valence-electron chi connectivity index (χ1n) is 8.34. The number of aryl methyl sites for hydroxylation is 2. The number of hydrogen-bond acceptors (Lipinski definition) is 2. The molecule has 1 atom stereocenters. The van der Waals surface area contributed by atoms with E-state index in [1.165, 1.54) is 0 Å². The van der Waals surface area contributed by atoms with Gasteiger partial charge in [0.15, 0.2) is 0 Å². The van der Waals surface area contributed by atoms with Gasteiger partial charge in [0.2, 0.25) is 5.91 Å². The van der Waals surface area contributed by atoms with Gasteiger partial charge in [0.1, 0.15) is 6.04 Å². The molecule has 4 nitrogen and oxygen atoms in total. The Hall–Kier alpha value is -2.33. The van der Waals surface area contributed by atoms with E-state index in [-0.39, 0.29) is 11.8 Å². The molecule has 0 bridgehead atoms. The van der Waals surface area contributed by atoms with E-state index in [0.29, 0.717) is 23.7 Å². The van der Waals surface area contributed by atoms with Crippen LogP contribution in [0.15, 0.2) is 42.5 Å². The Morgan fingerprint density at radius 1 is 1.08 bits per heavy atom. The number of piperazine rings is 1. The smallest absolute Gasteiger partial charge is 0.254 e. The Balaban J connectivity index is 1.84. The minimum Gasteiger partial charge on any atom is -0.325 e. The van der Waals surface area contributed by atoms with E-state index in [1.807, 2.05) is 50.2 Å². The van der Waals surface area contributed by atoms with Crippen LogP contribution in [0.4, 0.5) is 5.69 Å². The number of halogens is 1. The molecule has 2 amide bonds. The summed E-state index contributed by atoms with van der Waals surface area (Å²) < 4.78 is 0. The highest BCUT2D eigenvalue weighted by Gasteiger charge is 2.36. The van der Waals surface area contributed by atoms with Gasteiger partial charge in [0.05, 0.1) is 0 Å². The summed E-state index contributed by atoms with van der Waals surface area (Å²) in [7, 11) is 0. The van der Waals surface area contributed by atoms with E-state index < -0.39 is 6.04 Å². The topological polar surface area (TPSA) is 40.6 Å². The second kappa shape index (κ2) is 6.89. The summed E-state index contributed by atoms with van der Waals surface area (Å²) in [6, 6.07) is 12.5. The van der Waals surface area contributed by atoms with Crippen molar-refractivity contribution in [1.29, 1.82) is 0 Å². The van der Waals surface area contributed by atoms with Crippen LogP contribution >= 0.6 is 11.6 Å². The fourth-order valence-electron chi connectivity index (χ4n) is 3.28. The van der Waals surface area contributed by atoms with Crippen LogP contribution in [0.5, 0.6) is 0 Å². The average molecular weight is 357 g/mol. The summed E-state index contributed by atoms with van der Waals surface area (Å²) in [5.41, 5.74) is 3.37. The van der Waals surface area contributed by atoms with Crippen molar-refractivity contribution in [3.05, 3.63) is 64.2 Å². The molecule has 0 N–H and O–H groups in total. The van der Waals surface area contributed by atoms with Gasteiger partial charge in [-0.25, -0.2) is 0 Å². The Bertz CT molecular complexity index is 834. The quantitative estimate of drug-likeness (QED) is 0.820. The third-order valence-electron chi connectivity index (χ3n) is 4.74. The van der Waals surface area contributed by atoms with Gasteiger partial charge < -0.3 is 9.80 Å². The molecule has 1 aliphatic heterocycles. The molecule has 130 valence electrons. The van der Waals surface area contributed by atoms with Crippen LogP contribution in [0, 0.1) is 13.8 Å². The molecule has 1 fully saturated rings. The molecule has 25 heavy (non-hydrogen) atoms. The fraction of sp³-hybridized carbons (Fsp3) is 0.300. The van der Waals surface area contributed by atoms with Gasteiger partial charge in [-0.05, 0) is 56.2 Å². The second-order valence-corrected chi connectivity index (χ2v) is 6.85. The SMILES string of the molecule is Cc1ccccc1C(=O)N1CCN(c2ccc(Cl)cc2C)C(=O)[C@@H]1C. The van der Waals surface area contributed by atoms with Gasteiger partial charge in [-0.1, -0.05) is 29.8 Å². The van der Waals surface area contributed by atoms with Crippen molar-refractivity contribution in [3.63, 3.8) is 0 Å². The van der Waals surface area contributed by atoms with Crippen molar-refractivity contribution in [1.82, 2.24) is 4.90 Å². The van der Waals surface area contributed by atoms with Crippen LogP contribution in [-0.4, -0.2) is 35.8 Å². The Labute approximate surface area is 153 Å². The second-order valence-electron chi connectivity index (χ2n) is 6.41. The van der Waals surface area contributed by atoms with Crippen LogP contribution < -0.4 is 4.90 Å². The molecule has 3 rings (SSSR count). The third kappa shape index (κ3) is 3.27. The van der Waals surface area contributed by atoms with E-state index in [9.17, 15) is 9.59 Å². The largest absolute Gasteiger partial charge is 0.325 e. The van der Waals surface area contributed by atoms with Crippen LogP contribution in [-0.2, 0) is 4.79 Å². The van der Waals surface area contributed by atoms with Crippen LogP contribution in [0.25, 0.3) is 0 Å². The van der Waals surface area contributed by atoms with Gasteiger partial charge in [0, 0.05) is 29.4 Å². The molecule has 0 aliphatic carbocycles. The van der Waals surface area contributed by atoms with E-state index >= 15 is 0 Å². The molecule has 1 heterocycles. The summed E-state index contributed by atoms with van der Waals surface area (Å²) in [6.45, 7) is 6.61. The van der Waals surface area contributed by atoms with Gasteiger partial charge in [-0.3, -0.25) is 9.59 Å². The van der Waals surface area contributed by atoms with Crippen molar-refractivity contribution in [2.45, 2.75) is 26.8 Å². The van der Waals surface area contributed by atoms with Gasteiger partial charge in [-0.2, -0.15) is 0 Å². The first-order valence-corrected chi connectivity index (χ1v) is 8.72. The molecule has 1 aliphatic rings. The molecule has 2 aromatic carbocycles. The number of hydrogen-bond donors (Lipinski definition) is 0. The van der Waals surface area contributed by atoms with E-state index in [1.54, 1.807) is 22.8 Å². The predicted molar refractivity (Wildman–Crippen MR) is 100 cm³/mol. The van der Waals surface area contributed by atoms with Crippen LogP contribution in [0.2, 0.25) is 5.02 Å². The maximum atomic E-state index is 12.9. The average Bonchev–Trinajstić information content (AvgIpc) is 2.58. The number of carbonyl (C=O) groups excluding carboxylic acids is 2. The number of rotatable bonds is 2. The van der Waals surface area contributed by atoms with Crippen molar-refractivity contribution in [2.75, 3.05) is 18.0 Å². The molecule has 0 unspecified atom stereocenters. The highest BCUT2D eigenvalue weighted by atomic mass is 35.5. The Morgan fingerprint density at radius 3 is 2.48 bits per heavy atom. The molecule has 2 aromatic rings. The zero-order valence-corrected chi connectivity index (χ0v) is 15.4. The summed E-state index contributed by atoms with van der Waals surface area (Å²) in [5.74, 6) is -0.162. The Kier molecular flexibility index (Phi) is 4.82. The molecule has 5 heteroatoms. The Morgan fingerprint density at radius 2 is 1.80 bits per heavy atom. The number of anilines is 1. The van der Waals surface area contributed by atoms with E-state index in [2.05, 4.69) is 0 Å². The molecular weight excluding hydrogens is 336 g/mol. The van der Waals surface area contributed by atoms with Gasteiger partial charge in [-0.15, -0.1) is 0 Å². The number of benzene rings is 2. The maximum absolute atomic E-state index is 12.9. The zero-order valence-electron chi connectivity index (χ0n) is 14.6. The van der Waals surface area contributed by atoms with Gasteiger partial charge in [0.25, 0.3) is 5.91 Å². The predicted octanol–water partition coefficient (Wildman–Crippen LogP) is 3.83. The molecule has 0 spiro atoms. The lowest BCUT2D eigenvalue weighted by Gasteiger charge is -2.39. The van der Waals surface area contributed by atoms with Crippen molar-refractivity contribution in [3.8, 4) is 0 Å². The van der Waals surface area contributed by atoms with E-state index in [4.69, 9.17) is 11.6 Å². The highest BCUT2D eigenvalue weighted by Crippen LogP contribution is 2.27. The van der Waals surface area contributed by atoms with E-state index in [0.717, 1.165) is 16.8 Å². The molecular formula is C20H21ClN2O2. The van der Waals surface area contributed by atoms with Crippen LogP contribution in [0.3, 0.4) is 0 Å². The third-order valence-corrected chi connectivity index (χ3v) is 4.98. The standard InChI is InChI=1S/C20H21ClN2O2/c1-13-6-4-5-7-17(13)20(25)22-10-11-23(19(24)15(22)3)18-9-8-16(21)12-14(18)2/h4-9,12,15H,10-11H2,1-3H3/t15-/m0/s1. The highest BCUT2D eigenvalue weighted by molar-refractivity contribution is 6.30. The minimum atomic E-state index is -0.504. The van der Waals surface area contributed by atoms with Crippen LogP contribution in [0.1, 0.15) is 28.4 Å². The lowest BCUT2D eigenvalue weighted by molar-refractivity contribution is -0.124. The van der Waals surface area contributed by atoms with Crippen molar-refractivity contribution < 1.29 is 9.59 Å². The number of carbonyl (C=O) groups is 2. The van der Waals surface area contributed by atoms with Crippen molar-refractivity contribution in [2.24, 2.45) is 0 Å². The summed E-state index contributed by atoms with van der Waals surface area (Å²) in [5, 5.41) is 0.648. The monoisotopic (exact) mass is 356 g/mol. The fourth-order valence-corrected chi connectivity index (χ4v) is 3.50. The molecule has 1 saturated heterocycles. The number of nitrogens with zero attached hydrogens (tertiary/aromatic N) is 2. The molecule has 0 radical (unpaired) electrons. The lowest BCUT2D eigenvalue weighted by atomic mass is 10.0. The minimum absolute atomic E-state index is 0.0707.